The fourth-order valence-corrected chi connectivity index (χ4v) is 1.80. The molecule has 1 aromatic heterocycles. The number of esters is 1. The average Bonchev–Trinajstić information content (AvgIpc) is 2.58. The predicted octanol–water partition coefficient (Wildman–Crippen LogP) is 1.62. The maximum absolute atomic E-state index is 11.8. The summed E-state index contributed by atoms with van der Waals surface area (Å²) >= 11 is 0. The fourth-order valence-electron chi connectivity index (χ4n) is 1.80. The van der Waals surface area contributed by atoms with E-state index < -0.39 is 5.60 Å². The molecule has 0 saturated carbocycles. The molecule has 4 nitrogen and oxygen atoms in total. The molecule has 1 aliphatic rings. The molecule has 88 valence electrons. The number of hydrogen-bond donors (Lipinski definition) is 2. The van der Waals surface area contributed by atoms with Crippen LogP contribution in [0.25, 0.3) is 0 Å². The first kappa shape index (κ1) is 11.2. The van der Waals surface area contributed by atoms with Crippen LogP contribution >= 0.6 is 0 Å². The van der Waals surface area contributed by atoms with Gasteiger partial charge in [-0.1, -0.05) is 0 Å². The summed E-state index contributed by atoms with van der Waals surface area (Å²) in [5.74, 6) is -0.276. The molecule has 1 aromatic rings. The SMILES string of the molecule is CC(C)(C)OC(=O)c1cc2c([nH]1)CNCC2. The number of aromatic amines is 1. The fraction of sp³-hybridized carbons (Fsp3) is 0.583. The first-order valence-corrected chi connectivity index (χ1v) is 5.60. The van der Waals surface area contributed by atoms with E-state index in [0.29, 0.717) is 5.69 Å². The van der Waals surface area contributed by atoms with Gasteiger partial charge in [-0.3, -0.25) is 0 Å². The van der Waals surface area contributed by atoms with Gasteiger partial charge < -0.3 is 15.0 Å². The van der Waals surface area contributed by atoms with Crippen LogP contribution in [0, 0.1) is 0 Å². The monoisotopic (exact) mass is 222 g/mol. The van der Waals surface area contributed by atoms with Gasteiger partial charge in [0.15, 0.2) is 0 Å². The van der Waals surface area contributed by atoms with Gasteiger partial charge in [-0.15, -0.1) is 0 Å². The third-order valence-corrected chi connectivity index (χ3v) is 2.48. The molecule has 0 fully saturated rings. The zero-order valence-electron chi connectivity index (χ0n) is 10.0. The van der Waals surface area contributed by atoms with E-state index in [1.165, 1.54) is 5.56 Å². The second kappa shape index (κ2) is 3.94. The number of fused-ring (bicyclic) bond motifs is 1. The van der Waals surface area contributed by atoms with E-state index in [2.05, 4.69) is 10.3 Å². The number of rotatable bonds is 1. The summed E-state index contributed by atoms with van der Waals surface area (Å²) < 4.78 is 5.31. The Kier molecular flexibility index (Phi) is 2.76. The summed E-state index contributed by atoms with van der Waals surface area (Å²) in [5.41, 5.74) is 2.44. The highest BCUT2D eigenvalue weighted by atomic mass is 16.6. The van der Waals surface area contributed by atoms with Gasteiger partial charge in [0.2, 0.25) is 0 Å². The molecule has 2 rings (SSSR count). The van der Waals surface area contributed by atoms with Gasteiger partial charge >= 0.3 is 5.97 Å². The molecule has 0 radical (unpaired) electrons. The summed E-state index contributed by atoms with van der Waals surface area (Å²) in [6.07, 6.45) is 0.967. The van der Waals surface area contributed by atoms with E-state index in [1.54, 1.807) is 0 Å². The van der Waals surface area contributed by atoms with Crippen LogP contribution in [0.5, 0.6) is 0 Å². The Morgan fingerprint density at radius 1 is 1.44 bits per heavy atom. The Morgan fingerprint density at radius 2 is 2.19 bits per heavy atom. The molecule has 0 unspecified atom stereocenters. The Morgan fingerprint density at radius 3 is 2.81 bits per heavy atom. The van der Waals surface area contributed by atoms with Crippen LogP contribution in [0.15, 0.2) is 6.07 Å². The molecule has 2 heterocycles. The number of carbonyl (C=O) groups is 1. The van der Waals surface area contributed by atoms with Crippen molar-refractivity contribution in [3.8, 4) is 0 Å². The molecule has 0 saturated heterocycles. The maximum atomic E-state index is 11.8. The van der Waals surface area contributed by atoms with Crippen LogP contribution in [-0.2, 0) is 17.7 Å². The molecule has 16 heavy (non-hydrogen) atoms. The van der Waals surface area contributed by atoms with Gasteiger partial charge in [-0.2, -0.15) is 0 Å². The molecule has 0 amide bonds. The minimum Gasteiger partial charge on any atom is -0.455 e. The first-order valence-electron chi connectivity index (χ1n) is 5.60. The van der Waals surface area contributed by atoms with Crippen LogP contribution in [0.2, 0.25) is 0 Å². The van der Waals surface area contributed by atoms with Crippen molar-refractivity contribution in [3.05, 3.63) is 23.0 Å². The highest BCUT2D eigenvalue weighted by molar-refractivity contribution is 5.88. The van der Waals surface area contributed by atoms with E-state index in [9.17, 15) is 4.79 Å². The Labute approximate surface area is 95.4 Å². The van der Waals surface area contributed by atoms with Crippen molar-refractivity contribution in [2.45, 2.75) is 39.3 Å². The standard InChI is InChI=1S/C12H18N2O2/c1-12(2,3)16-11(15)9-6-8-4-5-13-7-10(8)14-9/h6,13-14H,4-5,7H2,1-3H3. The summed E-state index contributed by atoms with van der Waals surface area (Å²) in [4.78, 5) is 14.9. The normalized spacial score (nSPS) is 15.7. The lowest BCUT2D eigenvalue weighted by Crippen LogP contribution is -2.24. The quantitative estimate of drug-likeness (QED) is 0.710. The molecular formula is C12H18N2O2. The van der Waals surface area contributed by atoms with Crippen molar-refractivity contribution in [1.82, 2.24) is 10.3 Å². The molecule has 0 atom stereocenters. The lowest BCUT2D eigenvalue weighted by atomic mass is 10.1. The largest absolute Gasteiger partial charge is 0.455 e. The maximum Gasteiger partial charge on any atom is 0.355 e. The van der Waals surface area contributed by atoms with Crippen molar-refractivity contribution in [2.24, 2.45) is 0 Å². The van der Waals surface area contributed by atoms with Crippen molar-refractivity contribution >= 4 is 5.97 Å². The van der Waals surface area contributed by atoms with E-state index in [4.69, 9.17) is 4.74 Å². The van der Waals surface area contributed by atoms with E-state index in [-0.39, 0.29) is 5.97 Å². The highest BCUT2D eigenvalue weighted by Crippen LogP contribution is 2.17. The Balaban J connectivity index is 2.15. The molecule has 0 aromatic carbocycles. The number of carbonyl (C=O) groups excluding carboxylic acids is 1. The molecule has 2 N–H and O–H groups in total. The highest BCUT2D eigenvalue weighted by Gasteiger charge is 2.21. The number of hydrogen-bond acceptors (Lipinski definition) is 3. The van der Waals surface area contributed by atoms with Gasteiger partial charge in [0.25, 0.3) is 0 Å². The molecule has 0 spiro atoms. The number of ether oxygens (including phenoxy) is 1. The molecular weight excluding hydrogens is 204 g/mol. The third-order valence-electron chi connectivity index (χ3n) is 2.48. The average molecular weight is 222 g/mol. The first-order chi connectivity index (χ1) is 7.46. The van der Waals surface area contributed by atoms with Crippen LogP contribution in [0.1, 0.15) is 42.5 Å². The summed E-state index contributed by atoms with van der Waals surface area (Å²) in [6.45, 7) is 7.39. The van der Waals surface area contributed by atoms with Crippen molar-refractivity contribution in [3.63, 3.8) is 0 Å². The van der Waals surface area contributed by atoms with Gasteiger partial charge in [0, 0.05) is 12.2 Å². The van der Waals surface area contributed by atoms with Crippen LogP contribution < -0.4 is 5.32 Å². The van der Waals surface area contributed by atoms with Crippen molar-refractivity contribution < 1.29 is 9.53 Å². The van der Waals surface area contributed by atoms with Crippen LogP contribution in [0.4, 0.5) is 0 Å². The summed E-state index contributed by atoms with van der Waals surface area (Å²) in [6, 6.07) is 1.91. The number of aromatic nitrogens is 1. The van der Waals surface area contributed by atoms with Crippen LogP contribution in [-0.4, -0.2) is 23.1 Å². The number of H-pyrrole nitrogens is 1. The third kappa shape index (κ3) is 2.44. The summed E-state index contributed by atoms with van der Waals surface area (Å²) in [5, 5.41) is 3.26. The Bertz CT molecular complexity index is 378. The van der Waals surface area contributed by atoms with Gasteiger partial charge in [0.05, 0.1) is 0 Å². The van der Waals surface area contributed by atoms with Gasteiger partial charge in [-0.25, -0.2) is 4.79 Å². The smallest absolute Gasteiger partial charge is 0.355 e. The lowest BCUT2D eigenvalue weighted by Gasteiger charge is -2.18. The Hall–Kier alpha value is -1.29. The lowest BCUT2D eigenvalue weighted by molar-refractivity contribution is 0.00634. The van der Waals surface area contributed by atoms with Crippen molar-refractivity contribution in [1.29, 1.82) is 0 Å². The van der Waals surface area contributed by atoms with E-state index >= 15 is 0 Å². The molecule has 0 aliphatic carbocycles. The zero-order chi connectivity index (χ0) is 11.8. The molecule has 0 bridgehead atoms. The van der Waals surface area contributed by atoms with Gasteiger partial charge in [0.1, 0.15) is 11.3 Å². The van der Waals surface area contributed by atoms with Crippen molar-refractivity contribution in [2.75, 3.05) is 6.54 Å². The van der Waals surface area contributed by atoms with E-state index in [0.717, 1.165) is 25.2 Å². The van der Waals surface area contributed by atoms with Crippen LogP contribution in [0.3, 0.4) is 0 Å². The second-order valence-electron chi connectivity index (χ2n) is 5.12. The minimum absolute atomic E-state index is 0.276. The second-order valence-corrected chi connectivity index (χ2v) is 5.12. The zero-order valence-corrected chi connectivity index (χ0v) is 10.0. The molecule has 4 heteroatoms. The predicted molar refractivity (Wildman–Crippen MR) is 61.4 cm³/mol. The molecule has 1 aliphatic heterocycles. The van der Waals surface area contributed by atoms with E-state index in [1.807, 2.05) is 26.8 Å². The summed E-state index contributed by atoms with van der Waals surface area (Å²) in [7, 11) is 0. The topological polar surface area (TPSA) is 54.1 Å². The minimum atomic E-state index is -0.444. The number of nitrogens with one attached hydrogen (secondary N) is 2. The van der Waals surface area contributed by atoms with Gasteiger partial charge in [-0.05, 0) is 45.4 Å².